The number of hydrogen-bond donors (Lipinski definition) is 3. The molecule has 0 rings (SSSR count). The molecule has 3 amide bonds. The van der Waals surface area contributed by atoms with E-state index in [1.54, 1.807) is 14.0 Å². The van der Waals surface area contributed by atoms with Crippen molar-refractivity contribution < 1.29 is 24.2 Å². The fourth-order valence-corrected chi connectivity index (χ4v) is 1.33. The molecule has 3 N–H and O–H groups in total. The molecule has 104 valence electrons. The predicted octanol–water partition coefficient (Wildman–Crippen LogP) is 0.350. The topological polar surface area (TPSA) is 105 Å². The van der Waals surface area contributed by atoms with Crippen molar-refractivity contribution in [1.29, 1.82) is 0 Å². The molecule has 0 saturated heterocycles. The van der Waals surface area contributed by atoms with Crippen LogP contribution in [0, 0.1) is 5.92 Å². The van der Waals surface area contributed by atoms with E-state index in [0.717, 1.165) is 0 Å². The minimum Gasteiger partial charge on any atom is -0.481 e. The largest absolute Gasteiger partial charge is 0.481 e. The monoisotopic (exact) mass is 260 g/mol. The van der Waals surface area contributed by atoms with Gasteiger partial charge in [0, 0.05) is 33.1 Å². The van der Waals surface area contributed by atoms with Crippen LogP contribution in [0.15, 0.2) is 0 Å². The van der Waals surface area contributed by atoms with Gasteiger partial charge >= 0.3 is 12.0 Å². The molecule has 0 saturated carbocycles. The average Bonchev–Trinajstić information content (AvgIpc) is 2.22. The van der Waals surface area contributed by atoms with Crippen LogP contribution in [0.2, 0.25) is 0 Å². The zero-order chi connectivity index (χ0) is 14.0. The highest BCUT2D eigenvalue weighted by Gasteiger charge is 2.14. The van der Waals surface area contributed by atoms with Crippen molar-refractivity contribution in [2.45, 2.75) is 26.2 Å². The molecule has 0 fully saturated rings. The Morgan fingerprint density at radius 2 is 1.94 bits per heavy atom. The maximum atomic E-state index is 11.3. The van der Waals surface area contributed by atoms with Gasteiger partial charge in [0.2, 0.25) is 5.91 Å². The summed E-state index contributed by atoms with van der Waals surface area (Å²) in [6, 6.07) is -0.571. The Balaban J connectivity index is 3.73. The normalized spacial score (nSPS) is 11.7. The van der Waals surface area contributed by atoms with Gasteiger partial charge in [0.25, 0.3) is 0 Å². The molecule has 0 aromatic carbocycles. The van der Waals surface area contributed by atoms with Crippen LogP contribution >= 0.6 is 0 Å². The number of urea groups is 1. The molecular weight excluding hydrogens is 240 g/mol. The Labute approximate surface area is 106 Å². The Morgan fingerprint density at radius 1 is 1.28 bits per heavy atom. The Kier molecular flexibility index (Phi) is 8.55. The fraction of sp³-hybridized carbons (Fsp3) is 0.727. The molecule has 7 heteroatoms. The lowest BCUT2D eigenvalue weighted by molar-refractivity contribution is -0.138. The van der Waals surface area contributed by atoms with E-state index in [-0.39, 0.29) is 18.8 Å². The third-order valence-corrected chi connectivity index (χ3v) is 2.12. The van der Waals surface area contributed by atoms with Crippen LogP contribution in [-0.2, 0) is 14.3 Å². The molecule has 0 aliphatic rings. The summed E-state index contributed by atoms with van der Waals surface area (Å²) in [6.07, 6.45) is 0.578. The predicted molar refractivity (Wildman–Crippen MR) is 64.1 cm³/mol. The standard InChI is InChI=1S/C11H20N2O5/c1-8(7-10(15)16)6-9(14)13-11(17)12-4-3-5-18-2/h8H,3-7H2,1-2H3,(H,15,16)(H2,12,13,14,17). The lowest BCUT2D eigenvalue weighted by Gasteiger charge is -2.09. The van der Waals surface area contributed by atoms with Crippen molar-refractivity contribution in [3.05, 3.63) is 0 Å². The molecule has 0 aromatic rings. The van der Waals surface area contributed by atoms with Crippen molar-refractivity contribution in [2.75, 3.05) is 20.3 Å². The zero-order valence-corrected chi connectivity index (χ0v) is 10.7. The van der Waals surface area contributed by atoms with Crippen molar-refractivity contribution in [1.82, 2.24) is 10.6 Å². The van der Waals surface area contributed by atoms with Gasteiger partial charge in [0.1, 0.15) is 0 Å². The van der Waals surface area contributed by atoms with E-state index >= 15 is 0 Å². The zero-order valence-electron chi connectivity index (χ0n) is 10.7. The van der Waals surface area contributed by atoms with Crippen LogP contribution in [-0.4, -0.2) is 43.3 Å². The molecule has 0 aromatic heterocycles. The highest BCUT2D eigenvalue weighted by molar-refractivity contribution is 5.94. The number of carboxylic acids is 1. The van der Waals surface area contributed by atoms with Gasteiger partial charge in [-0.3, -0.25) is 14.9 Å². The lowest BCUT2D eigenvalue weighted by Crippen LogP contribution is -2.40. The third-order valence-electron chi connectivity index (χ3n) is 2.12. The number of carboxylic acid groups (broad SMARTS) is 1. The van der Waals surface area contributed by atoms with E-state index in [1.807, 2.05) is 0 Å². The number of hydrogen-bond acceptors (Lipinski definition) is 4. The first-order chi connectivity index (χ1) is 8.45. The fourth-order valence-electron chi connectivity index (χ4n) is 1.33. The van der Waals surface area contributed by atoms with Gasteiger partial charge in [-0.15, -0.1) is 0 Å². The maximum absolute atomic E-state index is 11.3. The summed E-state index contributed by atoms with van der Waals surface area (Å²) in [4.78, 5) is 33.0. The Bertz CT molecular complexity index is 293. The number of aliphatic carboxylic acids is 1. The quantitative estimate of drug-likeness (QED) is 0.546. The molecule has 0 aliphatic heterocycles. The molecule has 1 atom stereocenters. The van der Waals surface area contributed by atoms with Crippen molar-refractivity contribution in [2.24, 2.45) is 5.92 Å². The molecule has 0 heterocycles. The number of carbonyl (C=O) groups excluding carboxylic acids is 2. The second-order valence-electron chi connectivity index (χ2n) is 4.06. The molecule has 1 unspecified atom stereocenters. The van der Waals surface area contributed by atoms with E-state index in [4.69, 9.17) is 9.84 Å². The number of methoxy groups -OCH3 is 1. The summed E-state index contributed by atoms with van der Waals surface area (Å²) in [5, 5.41) is 13.2. The third kappa shape index (κ3) is 9.59. The summed E-state index contributed by atoms with van der Waals surface area (Å²) in [5.74, 6) is -1.74. The van der Waals surface area contributed by atoms with E-state index in [0.29, 0.717) is 19.6 Å². The van der Waals surface area contributed by atoms with Crippen LogP contribution in [0.5, 0.6) is 0 Å². The van der Waals surface area contributed by atoms with E-state index in [1.165, 1.54) is 0 Å². The summed E-state index contributed by atoms with van der Waals surface area (Å²) < 4.78 is 4.80. The first kappa shape index (κ1) is 16.4. The van der Waals surface area contributed by atoms with E-state index < -0.39 is 17.9 Å². The molecule has 0 radical (unpaired) electrons. The van der Waals surface area contributed by atoms with Gasteiger partial charge in [-0.05, 0) is 12.3 Å². The molecule has 0 bridgehead atoms. The second-order valence-corrected chi connectivity index (χ2v) is 4.06. The van der Waals surface area contributed by atoms with Gasteiger partial charge in [-0.1, -0.05) is 6.92 Å². The molecule has 0 spiro atoms. The molecular formula is C11H20N2O5. The molecule has 0 aliphatic carbocycles. The first-order valence-electron chi connectivity index (χ1n) is 5.74. The number of nitrogens with one attached hydrogen (secondary N) is 2. The molecule has 7 nitrogen and oxygen atoms in total. The van der Waals surface area contributed by atoms with E-state index in [9.17, 15) is 14.4 Å². The number of amides is 3. The summed E-state index contributed by atoms with van der Waals surface area (Å²) in [5.41, 5.74) is 0. The van der Waals surface area contributed by atoms with Crippen molar-refractivity contribution >= 4 is 17.9 Å². The van der Waals surface area contributed by atoms with Crippen LogP contribution < -0.4 is 10.6 Å². The number of carbonyl (C=O) groups is 3. The van der Waals surface area contributed by atoms with Crippen LogP contribution in [0.3, 0.4) is 0 Å². The summed E-state index contributed by atoms with van der Waals surface area (Å²) in [6.45, 7) is 2.59. The number of ether oxygens (including phenoxy) is 1. The highest BCUT2D eigenvalue weighted by atomic mass is 16.5. The Morgan fingerprint density at radius 3 is 2.50 bits per heavy atom. The number of imide groups is 1. The van der Waals surface area contributed by atoms with Crippen LogP contribution in [0.1, 0.15) is 26.2 Å². The highest BCUT2D eigenvalue weighted by Crippen LogP contribution is 2.06. The van der Waals surface area contributed by atoms with Gasteiger partial charge in [-0.2, -0.15) is 0 Å². The minimum atomic E-state index is -0.959. The van der Waals surface area contributed by atoms with Crippen LogP contribution in [0.25, 0.3) is 0 Å². The van der Waals surface area contributed by atoms with Crippen molar-refractivity contribution in [3.8, 4) is 0 Å². The maximum Gasteiger partial charge on any atom is 0.321 e. The summed E-state index contributed by atoms with van der Waals surface area (Å²) >= 11 is 0. The SMILES string of the molecule is COCCCNC(=O)NC(=O)CC(C)CC(=O)O. The van der Waals surface area contributed by atoms with Gasteiger partial charge in [0.05, 0.1) is 0 Å². The van der Waals surface area contributed by atoms with Crippen molar-refractivity contribution in [3.63, 3.8) is 0 Å². The van der Waals surface area contributed by atoms with Crippen LogP contribution in [0.4, 0.5) is 4.79 Å². The van der Waals surface area contributed by atoms with Gasteiger partial charge in [0.15, 0.2) is 0 Å². The van der Waals surface area contributed by atoms with Gasteiger partial charge < -0.3 is 15.2 Å². The number of rotatable bonds is 8. The first-order valence-corrected chi connectivity index (χ1v) is 5.74. The minimum absolute atomic E-state index is 0.0117. The summed E-state index contributed by atoms with van der Waals surface area (Å²) in [7, 11) is 1.56. The second kappa shape index (κ2) is 9.41. The lowest BCUT2D eigenvalue weighted by atomic mass is 10.0. The molecule has 18 heavy (non-hydrogen) atoms. The van der Waals surface area contributed by atoms with E-state index in [2.05, 4.69) is 10.6 Å². The average molecular weight is 260 g/mol. The smallest absolute Gasteiger partial charge is 0.321 e. The van der Waals surface area contributed by atoms with Gasteiger partial charge in [-0.25, -0.2) is 4.79 Å². The Hall–Kier alpha value is -1.63.